The maximum atomic E-state index is 11.0. The monoisotopic (exact) mass is 221 g/mol. The van der Waals surface area contributed by atoms with Gasteiger partial charge in [0, 0.05) is 38.3 Å². The number of piperidine rings is 1. The maximum absolute atomic E-state index is 11.0. The summed E-state index contributed by atoms with van der Waals surface area (Å²) >= 11 is 0. The number of ketones is 1. The van der Waals surface area contributed by atoms with Gasteiger partial charge in [-0.3, -0.25) is 4.79 Å². The molecule has 0 N–H and O–H groups in total. The summed E-state index contributed by atoms with van der Waals surface area (Å²) in [6.07, 6.45) is 4.85. The molecule has 4 heteroatoms. The Kier molecular flexibility index (Phi) is 4.89. The summed E-state index contributed by atoms with van der Waals surface area (Å²) in [5.41, 5.74) is 1.06. The Bertz CT molecular complexity index is 325. The van der Waals surface area contributed by atoms with E-state index in [2.05, 4.69) is 14.9 Å². The summed E-state index contributed by atoms with van der Waals surface area (Å²) in [7, 11) is 0. The summed E-state index contributed by atoms with van der Waals surface area (Å²) < 4.78 is 0. The van der Waals surface area contributed by atoms with Crippen LogP contribution < -0.4 is 4.90 Å². The van der Waals surface area contributed by atoms with Crippen LogP contribution in [0, 0.1) is 6.92 Å². The average Bonchev–Trinajstić information content (AvgIpc) is 2.34. The highest BCUT2D eigenvalue weighted by Gasteiger charge is 2.17. The maximum Gasteiger partial charge on any atom is 0.225 e. The molecule has 2 rings (SSSR count). The third-order valence-corrected chi connectivity index (χ3v) is 2.37. The van der Waals surface area contributed by atoms with Crippen LogP contribution in [-0.4, -0.2) is 28.8 Å². The highest BCUT2D eigenvalue weighted by atomic mass is 16.1. The van der Waals surface area contributed by atoms with Gasteiger partial charge in [0.05, 0.1) is 0 Å². The molecule has 0 aromatic carbocycles. The second kappa shape index (κ2) is 6.20. The predicted octanol–water partition coefficient (Wildman–Crippen LogP) is 1.98. The van der Waals surface area contributed by atoms with Crippen LogP contribution >= 0.6 is 0 Å². The lowest BCUT2D eigenvalue weighted by Crippen LogP contribution is -2.34. The van der Waals surface area contributed by atoms with Crippen molar-refractivity contribution in [2.75, 3.05) is 18.0 Å². The number of rotatable bonds is 1. The summed E-state index contributed by atoms with van der Waals surface area (Å²) in [6.45, 7) is 7.47. The fraction of sp³-hybridized carbons (Fsp3) is 0.583. The molecule has 16 heavy (non-hydrogen) atoms. The number of nitrogens with zero attached hydrogens (tertiary/aromatic N) is 3. The quantitative estimate of drug-likeness (QED) is 0.727. The molecule has 1 aromatic rings. The van der Waals surface area contributed by atoms with Gasteiger partial charge in [-0.1, -0.05) is 13.8 Å². The van der Waals surface area contributed by atoms with Crippen molar-refractivity contribution in [3.63, 3.8) is 0 Å². The van der Waals surface area contributed by atoms with E-state index in [-0.39, 0.29) is 0 Å². The summed E-state index contributed by atoms with van der Waals surface area (Å²) in [5, 5.41) is 0. The fourth-order valence-electron chi connectivity index (χ4n) is 1.51. The van der Waals surface area contributed by atoms with Crippen LogP contribution in [0.15, 0.2) is 12.4 Å². The molecular weight excluding hydrogens is 202 g/mol. The minimum Gasteiger partial charge on any atom is -0.340 e. The molecule has 1 saturated heterocycles. The second-order valence-corrected chi connectivity index (χ2v) is 3.59. The summed E-state index contributed by atoms with van der Waals surface area (Å²) in [5.74, 6) is 1.08. The molecule has 2 heterocycles. The first kappa shape index (κ1) is 12.6. The van der Waals surface area contributed by atoms with Crippen LogP contribution in [0.1, 0.15) is 32.3 Å². The normalized spacial score (nSPS) is 15.4. The SMILES string of the molecule is CC.Cc1cnc(N2CCC(=O)CC2)nc1. The Morgan fingerprint density at radius 2 is 1.62 bits per heavy atom. The van der Waals surface area contributed by atoms with Crippen molar-refractivity contribution >= 4 is 11.7 Å². The van der Waals surface area contributed by atoms with Gasteiger partial charge in [-0.25, -0.2) is 9.97 Å². The average molecular weight is 221 g/mol. The summed E-state index contributed by atoms with van der Waals surface area (Å²) in [4.78, 5) is 21.5. The van der Waals surface area contributed by atoms with E-state index in [1.807, 2.05) is 20.8 Å². The Morgan fingerprint density at radius 1 is 1.12 bits per heavy atom. The van der Waals surface area contributed by atoms with Gasteiger partial charge in [0.25, 0.3) is 0 Å². The Hall–Kier alpha value is -1.45. The second-order valence-electron chi connectivity index (χ2n) is 3.59. The van der Waals surface area contributed by atoms with E-state index in [0.717, 1.165) is 24.6 Å². The zero-order valence-electron chi connectivity index (χ0n) is 10.2. The molecule has 0 bridgehead atoms. The number of anilines is 1. The van der Waals surface area contributed by atoms with E-state index in [9.17, 15) is 4.79 Å². The van der Waals surface area contributed by atoms with Crippen molar-refractivity contribution in [3.8, 4) is 0 Å². The molecule has 88 valence electrons. The Labute approximate surface area is 96.7 Å². The van der Waals surface area contributed by atoms with Crippen molar-refractivity contribution in [2.24, 2.45) is 0 Å². The van der Waals surface area contributed by atoms with E-state index >= 15 is 0 Å². The Balaban J connectivity index is 0.000000606. The highest BCUT2D eigenvalue weighted by Crippen LogP contribution is 2.12. The van der Waals surface area contributed by atoms with Crippen LogP contribution in [0.25, 0.3) is 0 Å². The number of carbonyl (C=O) groups is 1. The molecule has 4 nitrogen and oxygen atoms in total. The van der Waals surface area contributed by atoms with Gasteiger partial charge in [0.1, 0.15) is 5.78 Å². The highest BCUT2D eigenvalue weighted by molar-refractivity contribution is 5.80. The first-order valence-corrected chi connectivity index (χ1v) is 5.81. The van der Waals surface area contributed by atoms with Crippen molar-refractivity contribution in [1.29, 1.82) is 0 Å². The molecular formula is C12H19N3O. The number of hydrogen-bond acceptors (Lipinski definition) is 4. The van der Waals surface area contributed by atoms with Gasteiger partial charge in [-0.2, -0.15) is 0 Å². The lowest BCUT2D eigenvalue weighted by molar-refractivity contribution is -0.119. The molecule has 0 radical (unpaired) electrons. The minimum atomic E-state index is 0.341. The zero-order chi connectivity index (χ0) is 12.0. The molecule has 1 fully saturated rings. The third kappa shape index (κ3) is 3.29. The third-order valence-electron chi connectivity index (χ3n) is 2.37. The van der Waals surface area contributed by atoms with Crippen molar-refractivity contribution in [2.45, 2.75) is 33.6 Å². The van der Waals surface area contributed by atoms with Crippen molar-refractivity contribution in [1.82, 2.24) is 9.97 Å². The lowest BCUT2D eigenvalue weighted by atomic mass is 10.1. The number of carbonyl (C=O) groups excluding carboxylic acids is 1. The van der Waals surface area contributed by atoms with Crippen LogP contribution in [-0.2, 0) is 4.79 Å². The molecule has 1 aromatic heterocycles. The number of hydrogen-bond donors (Lipinski definition) is 0. The fourth-order valence-corrected chi connectivity index (χ4v) is 1.51. The van der Waals surface area contributed by atoms with E-state index in [1.54, 1.807) is 12.4 Å². The van der Waals surface area contributed by atoms with E-state index < -0.39 is 0 Å². The van der Waals surface area contributed by atoms with Crippen LogP contribution in [0.2, 0.25) is 0 Å². The molecule has 0 spiro atoms. The van der Waals surface area contributed by atoms with E-state index in [4.69, 9.17) is 0 Å². The van der Waals surface area contributed by atoms with Crippen molar-refractivity contribution < 1.29 is 4.79 Å². The van der Waals surface area contributed by atoms with Crippen LogP contribution in [0.3, 0.4) is 0 Å². The lowest BCUT2D eigenvalue weighted by Gasteiger charge is -2.25. The Morgan fingerprint density at radius 3 is 2.12 bits per heavy atom. The van der Waals surface area contributed by atoms with Gasteiger partial charge in [-0.05, 0) is 12.5 Å². The molecule has 1 aliphatic rings. The zero-order valence-corrected chi connectivity index (χ0v) is 10.2. The van der Waals surface area contributed by atoms with Gasteiger partial charge in [0.2, 0.25) is 5.95 Å². The first-order valence-electron chi connectivity index (χ1n) is 5.81. The minimum absolute atomic E-state index is 0.341. The molecule has 0 saturated carbocycles. The number of aryl methyl sites for hydroxylation is 1. The molecule has 0 amide bonds. The molecule has 0 atom stereocenters. The summed E-state index contributed by atoms with van der Waals surface area (Å²) in [6, 6.07) is 0. The number of Topliss-reactive ketones (excluding diaryl/α,β-unsaturated/α-hetero) is 1. The van der Waals surface area contributed by atoms with E-state index in [0.29, 0.717) is 18.6 Å². The van der Waals surface area contributed by atoms with E-state index in [1.165, 1.54) is 0 Å². The smallest absolute Gasteiger partial charge is 0.225 e. The molecule has 1 aliphatic heterocycles. The number of aromatic nitrogens is 2. The predicted molar refractivity (Wildman–Crippen MR) is 64.6 cm³/mol. The first-order chi connectivity index (χ1) is 7.75. The van der Waals surface area contributed by atoms with Crippen LogP contribution in [0.5, 0.6) is 0 Å². The van der Waals surface area contributed by atoms with Gasteiger partial charge in [0.15, 0.2) is 0 Å². The molecule has 0 unspecified atom stereocenters. The van der Waals surface area contributed by atoms with Crippen molar-refractivity contribution in [3.05, 3.63) is 18.0 Å². The van der Waals surface area contributed by atoms with Gasteiger partial charge < -0.3 is 4.90 Å². The molecule has 0 aliphatic carbocycles. The van der Waals surface area contributed by atoms with Gasteiger partial charge >= 0.3 is 0 Å². The topological polar surface area (TPSA) is 46.1 Å². The largest absolute Gasteiger partial charge is 0.340 e. The van der Waals surface area contributed by atoms with Gasteiger partial charge in [-0.15, -0.1) is 0 Å². The van der Waals surface area contributed by atoms with Crippen LogP contribution in [0.4, 0.5) is 5.95 Å². The standard InChI is InChI=1S/C10H13N3O.C2H6/c1-8-6-11-10(12-7-8)13-4-2-9(14)3-5-13;1-2/h6-7H,2-5H2,1H3;1-2H3.